The third kappa shape index (κ3) is 7.07. The molecule has 1 unspecified atom stereocenters. The van der Waals surface area contributed by atoms with Crippen LogP contribution in [0.15, 0.2) is 0 Å². The van der Waals surface area contributed by atoms with Crippen LogP contribution in [0.2, 0.25) is 0 Å². The monoisotopic (exact) mass is 305 g/mol. The molecule has 0 aromatic heterocycles. The van der Waals surface area contributed by atoms with Crippen molar-refractivity contribution < 1.29 is 8.42 Å². The van der Waals surface area contributed by atoms with Crippen LogP contribution in [0, 0.1) is 0 Å². The van der Waals surface area contributed by atoms with Crippen molar-refractivity contribution in [2.24, 2.45) is 0 Å². The highest BCUT2D eigenvalue weighted by Gasteiger charge is 2.38. The van der Waals surface area contributed by atoms with Crippen LogP contribution in [-0.4, -0.2) is 32.0 Å². The Kier molecular flexibility index (Phi) is 9.73. The predicted octanol–water partition coefficient (Wildman–Crippen LogP) is 3.93. The quantitative estimate of drug-likeness (QED) is 0.556. The number of nitrogens with one attached hydrogen (secondary N) is 1. The third-order valence-corrected chi connectivity index (χ3v) is 6.48. The normalized spacial score (nSPS) is 14.4. The lowest BCUT2D eigenvalue weighted by molar-refractivity contribution is 0.375. The Morgan fingerprint density at radius 2 is 1.50 bits per heavy atom. The molecule has 0 heterocycles. The molecular formula is C16H35NO2S. The van der Waals surface area contributed by atoms with E-state index in [1.807, 2.05) is 13.8 Å². The maximum Gasteiger partial charge on any atom is 0.154 e. The van der Waals surface area contributed by atoms with Crippen molar-refractivity contribution in [3.63, 3.8) is 0 Å². The number of rotatable bonds is 12. The fourth-order valence-corrected chi connectivity index (χ4v) is 3.12. The molecule has 0 rings (SSSR count). The van der Waals surface area contributed by atoms with Crippen molar-refractivity contribution >= 4 is 9.84 Å². The minimum atomic E-state index is -3.05. The van der Waals surface area contributed by atoms with Crippen molar-refractivity contribution in [2.75, 3.05) is 12.8 Å². The Morgan fingerprint density at radius 3 is 2.00 bits per heavy atom. The van der Waals surface area contributed by atoms with E-state index in [9.17, 15) is 8.42 Å². The van der Waals surface area contributed by atoms with Gasteiger partial charge in [0.1, 0.15) is 0 Å². The van der Waals surface area contributed by atoms with E-state index in [4.69, 9.17) is 0 Å². The first-order valence-electron chi connectivity index (χ1n) is 8.20. The summed E-state index contributed by atoms with van der Waals surface area (Å²) in [4.78, 5) is 0. The van der Waals surface area contributed by atoms with Gasteiger partial charge in [0.25, 0.3) is 0 Å². The van der Waals surface area contributed by atoms with Gasteiger partial charge in [0, 0.05) is 12.3 Å². The molecule has 0 fully saturated rings. The van der Waals surface area contributed by atoms with Gasteiger partial charge in [-0.2, -0.15) is 0 Å². The average molecular weight is 306 g/mol. The molecule has 1 N–H and O–H groups in total. The van der Waals surface area contributed by atoms with Crippen LogP contribution in [0.25, 0.3) is 0 Å². The van der Waals surface area contributed by atoms with Crippen molar-refractivity contribution in [3.05, 3.63) is 0 Å². The fraction of sp³-hybridized carbons (Fsp3) is 1.00. The topological polar surface area (TPSA) is 46.2 Å². The number of unbranched alkanes of at least 4 members (excludes halogenated alkanes) is 5. The van der Waals surface area contributed by atoms with Crippen molar-refractivity contribution in [3.8, 4) is 0 Å². The number of hydrogen-bond acceptors (Lipinski definition) is 3. The zero-order valence-electron chi connectivity index (χ0n) is 14.2. The molecule has 0 aliphatic heterocycles. The molecule has 1 atom stereocenters. The lowest BCUT2D eigenvalue weighted by Gasteiger charge is -2.33. The molecule has 0 radical (unpaired) electrons. The van der Waals surface area contributed by atoms with E-state index in [0.29, 0.717) is 0 Å². The zero-order chi connectivity index (χ0) is 15.6. The van der Waals surface area contributed by atoms with E-state index in [1.54, 1.807) is 0 Å². The van der Waals surface area contributed by atoms with E-state index in [1.165, 1.54) is 38.4 Å². The van der Waals surface area contributed by atoms with Gasteiger partial charge in [-0.3, -0.25) is 0 Å². The van der Waals surface area contributed by atoms with Gasteiger partial charge in [-0.15, -0.1) is 0 Å². The van der Waals surface area contributed by atoms with Gasteiger partial charge in [0.2, 0.25) is 0 Å². The lowest BCUT2D eigenvalue weighted by atomic mass is 9.96. The summed E-state index contributed by atoms with van der Waals surface area (Å²) in [6.07, 6.45) is 10.8. The molecule has 0 amide bonds. The summed E-state index contributed by atoms with van der Waals surface area (Å²) in [5.41, 5.74) is 0. The van der Waals surface area contributed by atoms with Gasteiger partial charge < -0.3 is 5.32 Å². The summed E-state index contributed by atoms with van der Waals surface area (Å²) in [5, 5.41) is 3.44. The van der Waals surface area contributed by atoms with Crippen LogP contribution in [0.3, 0.4) is 0 Å². The standard InChI is InChI=1S/C16H35NO2S/c1-6-8-9-10-11-12-13-15(17-14-7-2)16(3,4)20(5,18)19/h15,17H,6-14H2,1-5H3. The number of hydrogen-bond donors (Lipinski definition) is 1. The first-order chi connectivity index (χ1) is 9.27. The Morgan fingerprint density at radius 1 is 0.950 bits per heavy atom. The Labute approximate surface area is 126 Å². The van der Waals surface area contributed by atoms with Crippen LogP contribution in [0.4, 0.5) is 0 Å². The molecule has 0 saturated carbocycles. The van der Waals surface area contributed by atoms with E-state index in [0.717, 1.165) is 25.8 Å². The molecule has 0 aliphatic rings. The second-order valence-corrected chi connectivity index (χ2v) is 9.04. The van der Waals surface area contributed by atoms with Gasteiger partial charge in [-0.25, -0.2) is 8.42 Å². The number of sulfone groups is 1. The maximum atomic E-state index is 12.0. The van der Waals surface area contributed by atoms with E-state index >= 15 is 0 Å². The van der Waals surface area contributed by atoms with Gasteiger partial charge in [-0.1, -0.05) is 52.4 Å². The summed E-state index contributed by atoms with van der Waals surface area (Å²) >= 11 is 0. The van der Waals surface area contributed by atoms with E-state index < -0.39 is 14.6 Å². The van der Waals surface area contributed by atoms with Crippen LogP contribution < -0.4 is 5.32 Å². The van der Waals surface area contributed by atoms with Crippen molar-refractivity contribution in [2.45, 2.75) is 89.9 Å². The fourth-order valence-electron chi connectivity index (χ4n) is 2.40. The van der Waals surface area contributed by atoms with Crippen LogP contribution >= 0.6 is 0 Å². The summed E-state index contributed by atoms with van der Waals surface area (Å²) < 4.78 is 23.3. The Balaban J connectivity index is 4.36. The smallest absolute Gasteiger partial charge is 0.154 e. The second-order valence-electron chi connectivity index (χ2n) is 6.44. The van der Waals surface area contributed by atoms with Gasteiger partial charge >= 0.3 is 0 Å². The molecule has 0 saturated heterocycles. The molecule has 0 aromatic carbocycles. The van der Waals surface area contributed by atoms with Gasteiger partial charge in [-0.05, 0) is 33.2 Å². The maximum absolute atomic E-state index is 12.0. The highest BCUT2D eigenvalue weighted by Crippen LogP contribution is 2.24. The summed E-state index contributed by atoms with van der Waals surface area (Å²) in [6, 6.07) is 0.0589. The van der Waals surface area contributed by atoms with Crippen LogP contribution in [0.5, 0.6) is 0 Å². The molecular weight excluding hydrogens is 270 g/mol. The Bertz CT molecular complexity index is 336. The first kappa shape index (κ1) is 19.9. The van der Waals surface area contributed by atoms with Crippen molar-refractivity contribution in [1.29, 1.82) is 0 Å². The van der Waals surface area contributed by atoms with Crippen LogP contribution in [-0.2, 0) is 9.84 Å². The van der Waals surface area contributed by atoms with Crippen LogP contribution in [0.1, 0.15) is 79.1 Å². The first-order valence-corrected chi connectivity index (χ1v) is 10.1. The predicted molar refractivity (Wildman–Crippen MR) is 89.0 cm³/mol. The molecule has 20 heavy (non-hydrogen) atoms. The molecule has 122 valence electrons. The van der Waals surface area contributed by atoms with Gasteiger partial charge in [0.15, 0.2) is 9.84 Å². The second kappa shape index (κ2) is 9.78. The highest BCUT2D eigenvalue weighted by atomic mass is 32.2. The highest BCUT2D eigenvalue weighted by molar-refractivity contribution is 7.92. The Hall–Kier alpha value is -0.0900. The SMILES string of the molecule is CCCCCCCCC(NCCC)C(C)(C)S(C)(=O)=O. The molecule has 0 aliphatic carbocycles. The third-order valence-electron chi connectivity index (χ3n) is 4.28. The molecule has 4 heteroatoms. The molecule has 3 nitrogen and oxygen atoms in total. The van der Waals surface area contributed by atoms with E-state index in [2.05, 4.69) is 19.2 Å². The van der Waals surface area contributed by atoms with Gasteiger partial charge in [0.05, 0.1) is 4.75 Å². The largest absolute Gasteiger partial charge is 0.312 e. The summed E-state index contributed by atoms with van der Waals surface area (Å²) in [5.74, 6) is 0. The zero-order valence-corrected chi connectivity index (χ0v) is 15.0. The lowest BCUT2D eigenvalue weighted by Crippen LogP contribution is -2.51. The molecule has 0 aromatic rings. The minimum Gasteiger partial charge on any atom is -0.312 e. The summed E-state index contributed by atoms with van der Waals surface area (Å²) in [6.45, 7) is 8.93. The van der Waals surface area contributed by atoms with Crippen molar-refractivity contribution in [1.82, 2.24) is 5.32 Å². The van der Waals surface area contributed by atoms with E-state index in [-0.39, 0.29) is 6.04 Å². The average Bonchev–Trinajstić information content (AvgIpc) is 2.35. The molecule has 0 bridgehead atoms. The molecule has 0 spiro atoms. The summed E-state index contributed by atoms with van der Waals surface area (Å²) in [7, 11) is -3.05. The minimum absolute atomic E-state index is 0.0589.